The van der Waals surface area contributed by atoms with Crippen molar-refractivity contribution in [3.63, 3.8) is 0 Å². The van der Waals surface area contributed by atoms with E-state index in [2.05, 4.69) is 79.7 Å². The summed E-state index contributed by atoms with van der Waals surface area (Å²) in [4.78, 5) is 0. The van der Waals surface area contributed by atoms with Gasteiger partial charge in [-0.05, 0) is 82.0 Å². The molecule has 2 aromatic rings. The molecule has 1 aliphatic carbocycles. The van der Waals surface area contributed by atoms with Crippen molar-refractivity contribution in [1.82, 2.24) is 0 Å². The number of aryl methyl sites for hydroxylation is 2. The van der Waals surface area contributed by atoms with Gasteiger partial charge in [0, 0.05) is 0 Å². The largest absolute Gasteiger partial charge is 0.0561 e. The number of fused-ring (bicyclic) bond motifs is 2. The second kappa shape index (κ2) is 5.48. The summed E-state index contributed by atoms with van der Waals surface area (Å²) in [5.74, 6) is 0. The van der Waals surface area contributed by atoms with Crippen LogP contribution in [0, 0.1) is 13.8 Å². The normalized spacial score (nSPS) is 14.3. The third-order valence-corrected chi connectivity index (χ3v) is 5.47. The zero-order valence-electron chi connectivity index (χ0n) is 16.7. The molecule has 0 bridgehead atoms. The van der Waals surface area contributed by atoms with Crippen molar-refractivity contribution in [1.29, 1.82) is 0 Å². The third kappa shape index (κ3) is 3.04. The standard InChI is InChI=1S/C24H32/c1-15-9-17-11-18-10-16(2)22(24(6,7)8)14-20(18)12-19(17)13-21(15)23(3,4)5/h9-10,13-14H,11-12H2,1-8H3. The van der Waals surface area contributed by atoms with Gasteiger partial charge >= 0.3 is 0 Å². The highest BCUT2D eigenvalue weighted by Crippen LogP contribution is 2.36. The highest BCUT2D eigenvalue weighted by atomic mass is 14.3. The molecule has 0 saturated carbocycles. The smallest absolute Gasteiger partial charge is 0.00199 e. The minimum Gasteiger partial charge on any atom is -0.0561 e. The summed E-state index contributed by atoms with van der Waals surface area (Å²) in [7, 11) is 0. The van der Waals surface area contributed by atoms with Crippen LogP contribution in [-0.2, 0) is 23.7 Å². The SMILES string of the molecule is Cc1cc2c(cc1C(C)(C)C)Cc1cc(C(C)(C)C)c(C)cc1C2. The fourth-order valence-corrected chi connectivity index (χ4v) is 4.31. The van der Waals surface area contributed by atoms with Crippen LogP contribution in [0.25, 0.3) is 0 Å². The Bertz CT molecular complexity index is 725. The van der Waals surface area contributed by atoms with Gasteiger partial charge in [0.2, 0.25) is 0 Å². The number of hydrogen-bond acceptors (Lipinski definition) is 0. The molecule has 3 rings (SSSR count). The molecule has 0 atom stereocenters. The predicted octanol–water partition coefficient (Wildman–Crippen LogP) is 6.39. The third-order valence-electron chi connectivity index (χ3n) is 5.47. The predicted molar refractivity (Wildman–Crippen MR) is 105 cm³/mol. The van der Waals surface area contributed by atoms with E-state index >= 15 is 0 Å². The molecule has 0 aliphatic heterocycles. The summed E-state index contributed by atoms with van der Waals surface area (Å²) in [5, 5.41) is 0. The van der Waals surface area contributed by atoms with E-state index in [1.54, 1.807) is 0 Å². The van der Waals surface area contributed by atoms with E-state index in [0.717, 1.165) is 12.8 Å². The van der Waals surface area contributed by atoms with E-state index in [0.29, 0.717) is 0 Å². The molecule has 0 aromatic heterocycles. The molecule has 0 amide bonds. The van der Waals surface area contributed by atoms with E-state index in [9.17, 15) is 0 Å². The number of rotatable bonds is 0. The van der Waals surface area contributed by atoms with Crippen molar-refractivity contribution < 1.29 is 0 Å². The van der Waals surface area contributed by atoms with Crippen LogP contribution in [-0.4, -0.2) is 0 Å². The van der Waals surface area contributed by atoms with Crippen LogP contribution < -0.4 is 0 Å². The molecule has 0 saturated heterocycles. The maximum Gasteiger partial charge on any atom is -0.00199 e. The van der Waals surface area contributed by atoms with Crippen LogP contribution in [0.3, 0.4) is 0 Å². The summed E-state index contributed by atoms with van der Waals surface area (Å²) in [5.41, 5.74) is 12.4. The Hall–Kier alpha value is -1.56. The minimum atomic E-state index is 0.212. The van der Waals surface area contributed by atoms with Gasteiger partial charge in [0.25, 0.3) is 0 Å². The molecule has 128 valence electrons. The van der Waals surface area contributed by atoms with Crippen molar-refractivity contribution in [2.45, 2.75) is 79.1 Å². The fourth-order valence-electron chi connectivity index (χ4n) is 4.31. The van der Waals surface area contributed by atoms with E-state index in [1.807, 2.05) is 0 Å². The van der Waals surface area contributed by atoms with E-state index in [4.69, 9.17) is 0 Å². The molecule has 0 N–H and O–H groups in total. The van der Waals surface area contributed by atoms with Crippen molar-refractivity contribution in [3.05, 3.63) is 68.8 Å². The number of benzene rings is 2. The molecule has 0 unspecified atom stereocenters. The molecular weight excluding hydrogens is 288 g/mol. The van der Waals surface area contributed by atoms with Gasteiger partial charge in [-0.3, -0.25) is 0 Å². The maximum atomic E-state index is 2.48. The highest BCUT2D eigenvalue weighted by Gasteiger charge is 2.24. The van der Waals surface area contributed by atoms with Crippen molar-refractivity contribution >= 4 is 0 Å². The molecule has 0 fully saturated rings. The van der Waals surface area contributed by atoms with Crippen LogP contribution >= 0.6 is 0 Å². The van der Waals surface area contributed by atoms with Crippen molar-refractivity contribution in [2.75, 3.05) is 0 Å². The lowest BCUT2D eigenvalue weighted by molar-refractivity contribution is 0.583. The van der Waals surface area contributed by atoms with E-state index in [-0.39, 0.29) is 10.8 Å². The highest BCUT2D eigenvalue weighted by molar-refractivity contribution is 5.52. The van der Waals surface area contributed by atoms with E-state index in [1.165, 1.54) is 44.5 Å². The lowest BCUT2D eigenvalue weighted by Gasteiger charge is -2.29. The molecule has 2 aromatic carbocycles. The molecule has 0 spiro atoms. The van der Waals surface area contributed by atoms with Gasteiger partial charge in [0.05, 0.1) is 0 Å². The van der Waals surface area contributed by atoms with Gasteiger partial charge in [0.15, 0.2) is 0 Å². The van der Waals surface area contributed by atoms with Crippen LogP contribution in [0.1, 0.15) is 86.1 Å². The lowest BCUT2D eigenvalue weighted by Crippen LogP contribution is -2.18. The molecule has 0 heteroatoms. The number of hydrogen-bond donors (Lipinski definition) is 0. The molecule has 24 heavy (non-hydrogen) atoms. The second-order valence-electron chi connectivity index (χ2n) is 9.73. The quantitative estimate of drug-likeness (QED) is 0.450. The topological polar surface area (TPSA) is 0 Å². The van der Waals surface area contributed by atoms with Gasteiger partial charge in [-0.2, -0.15) is 0 Å². The zero-order valence-corrected chi connectivity index (χ0v) is 16.7. The first-order chi connectivity index (χ1) is 11.0. The monoisotopic (exact) mass is 320 g/mol. The molecular formula is C24H32. The average molecular weight is 321 g/mol. The zero-order chi connectivity index (χ0) is 17.9. The first-order valence-corrected chi connectivity index (χ1v) is 9.22. The summed E-state index contributed by atoms with van der Waals surface area (Å²) < 4.78 is 0. The summed E-state index contributed by atoms with van der Waals surface area (Å²) >= 11 is 0. The summed E-state index contributed by atoms with van der Waals surface area (Å²) in [6.07, 6.45) is 2.17. The molecule has 0 heterocycles. The van der Waals surface area contributed by atoms with Crippen LogP contribution in [0.5, 0.6) is 0 Å². The average Bonchev–Trinajstić information content (AvgIpc) is 2.41. The Labute approximate surface area is 148 Å². The Balaban J connectivity index is 2.09. The first-order valence-electron chi connectivity index (χ1n) is 9.22. The van der Waals surface area contributed by atoms with Crippen molar-refractivity contribution in [2.24, 2.45) is 0 Å². The van der Waals surface area contributed by atoms with Crippen LogP contribution in [0.4, 0.5) is 0 Å². The fraction of sp³-hybridized carbons (Fsp3) is 0.500. The van der Waals surface area contributed by atoms with E-state index < -0.39 is 0 Å². The molecule has 1 aliphatic rings. The van der Waals surface area contributed by atoms with Gasteiger partial charge in [-0.15, -0.1) is 0 Å². The van der Waals surface area contributed by atoms with Crippen LogP contribution in [0.2, 0.25) is 0 Å². The Morgan fingerprint density at radius 2 is 0.833 bits per heavy atom. The van der Waals surface area contributed by atoms with Gasteiger partial charge in [0.1, 0.15) is 0 Å². The second-order valence-corrected chi connectivity index (χ2v) is 9.73. The van der Waals surface area contributed by atoms with Gasteiger partial charge < -0.3 is 0 Å². The Morgan fingerprint density at radius 3 is 1.12 bits per heavy atom. The van der Waals surface area contributed by atoms with Gasteiger partial charge in [-0.1, -0.05) is 65.8 Å². The van der Waals surface area contributed by atoms with Crippen molar-refractivity contribution in [3.8, 4) is 0 Å². The lowest BCUT2D eigenvalue weighted by atomic mass is 9.75. The maximum absolute atomic E-state index is 2.48. The van der Waals surface area contributed by atoms with Crippen LogP contribution in [0.15, 0.2) is 24.3 Å². The first kappa shape index (κ1) is 17.3. The van der Waals surface area contributed by atoms with Gasteiger partial charge in [-0.25, -0.2) is 0 Å². The summed E-state index contributed by atoms with van der Waals surface area (Å²) in [6.45, 7) is 18.5. The molecule has 0 radical (unpaired) electrons. The summed E-state index contributed by atoms with van der Waals surface area (Å²) in [6, 6.07) is 9.83. The Morgan fingerprint density at radius 1 is 0.542 bits per heavy atom. The Kier molecular flexibility index (Phi) is 3.94. The minimum absolute atomic E-state index is 0.212. The molecule has 0 nitrogen and oxygen atoms in total.